The number of ether oxygens (including phenoxy) is 6. The van der Waals surface area contributed by atoms with Crippen LogP contribution in [0.4, 0.5) is 11.4 Å². The van der Waals surface area contributed by atoms with E-state index in [4.69, 9.17) is 32.8 Å². The lowest BCUT2D eigenvalue weighted by Crippen LogP contribution is -2.36. The summed E-state index contributed by atoms with van der Waals surface area (Å²) in [5.74, 6) is -1.80. The van der Waals surface area contributed by atoms with E-state index in [2.05, 4.69) is 0 Å². The van der Waals surface area contributed by atoms with Crippen molar-refractivity contribution >= 4 is 68.9 Å². The summed E-state index contributed by atoms with van der Waals surface area (Å²) in [7, 11) is 4.94. The van der Waals surface area contributed by atoms with E-state index < -0.39 is 29.5 Å². The number of fused-ring (bicyclic) bond motifs is 1. The van der Waals surface area contributed by atoms with Crippen molar-refractivity contribution in [2.24, 2.45) is 0 Å². The summed E-state index contributed by atoms with van der Waals surface area (Å²) in [4.78, 5) is 68.4. The van der Waals surface area contributed by atoms with Gasteiger partial charge in [-0.1, -0.05) is 12.1 Å². The molecule has 0 saturated carbocycles. The van der Waals surface area contributed by atoms with Gasteiger partial charge in [-0.05, 0) is 60.3 Å². The zero-order valence-electron chi connectivity index (χ0n) is 30.2. The fourth-order valence-corrected chi connectivity index (χ4v) is 7.18. The largest absolute Gasteiger partial charge is 0.488 e. The minimum Gasteiger partial charge on any atom is -0.488 e. The number of thiophene rings is 2. The Labute approximate surface area is 318 Å². The Hall–Kier alpha value is -5.87. The number of methoxy groups -OCH3 is 4. The van der Waals surface area contributed by atoms with Gasteiger partial charge in [0.2, 0.25) is 0 Å². The van der Waals surface area contributed by atoms with Crippen molar-refractivity contribution in [3.05, 3.63) is 82.0 Å². The molecule has 0 spiro atoms. The van der Waals surface area contributed by atoms with Gasteiger partial charge in [0.25, 0.3) is 0 Å². The van der Waals surface area contributed by atoms with Crippen LogP contribution in [0.1, 0.15) is 5.56 Å². The van der Waals surface area contributed by atoms with Crippen LogP contribution in [-0.2, 0) is 38.1 Å². The van der Waals surface area contributed by atoms with E-state index >= 15 is 0 Å². The Morgan fingerprint density at radius 1 is 0.648 bits per heavy atom. The zero-order valence-corrected chi connectivity index (χ0v) is 31.8. The van der Waals surface area contributed by atoms with Gasteiger partial charge in [0.1, 0.15) is 56.5 Å². The molecule has 0 atom stereocenters. The van der Waals surface area contributed by atoms with Crippen LogP contribution in [0.5, 0.6) is 11.5 Å². The molecule has 0 radical (unpaired) electrons. The molecule has 16 heteroatoms. The van der Waals surface area contributed by atoms with Gasteiger partial charge in [-0.15, -0.1) is 22.7 Å². The lowest BCUT2D eigenvalue weighted by atomic mass is 10.1. The van der Waals surface area contributed by atoms with Crippen molar-refractivity contribution in [1.29, 1.82) is 0 Å². The second kappa shape index (κ2) is 18.3. The SMILES string of the molecule is COC(=O)CN(CC(=O)OC)c1ccc(C)cc1OCCOc1cc2cc(-c3ccc(-c4cccs4)s3)c(=O)oc2cc1N(CC(=O)OC)CC(=O)OC. The molecule has 3 aromatic heterocycles. The van der Waals surface area contributed by atoms with Crippen LogP contribution in [-0.4, -0.2) is 91.7 Å². The number of hydrogen-bond donors (Lipinski definition) is 0. The lowest BCUT2D eigenvalue weighted by molar-refractivity contribution is -0.141. The monoisotopic (exact) mass is 778 g/mol. The van der Waals surface area contributed by atoms with Crippen LogP contribution < -0.4 is 24.9 Å². The molecule has 0 fully saturated rings. The maximum Gasteiger partial charge on any atom is 0.345 e. The molecule has 5 aromatic rings. The van der Waals surface area contributed by atoms with Gasteiger partial charge in [0.05, 0.1) is 45.4 Å². The molecule has 2 aromatic carbocycles. The number of hydrogen-bond acceptors (Lipinski definition) is 16. The molecule has 0 amide bonds. The first kappa shape index (κ1) is 39.3. The van der Waals surface area contributed by atoms with Crippen molar-refractivity contribution in [2.75, 3.05) is 77.6 Å². The predicted molar refractivity (Wildman–Crippen MR) is 204 cm³/mol. The van der Waals surface area contributed by atoms with Gasteiger partial charge >= 0.3 is 29.5 Å². The average molecular weight is 779 g/mol. The summed E-state index contributed by atoms with van der Waals surface area (Å²) >= 11 is 3.06. The number of rotatable bonds is 17. The van der Waals surface area contributed by atoms with Crippen LogP contribution >= 0.6 is 22.7 Å². The molecular formula is C38H38N2O12S2. The van der Waals surface area contributed by atoms with Crippen molar-refractivity contribution in [3.8, 4) is 31.7 Å². The van der Waals surface area contributed by atoms with E-state index in [0.717, 1.165) is 20.2 Å². The lowest BCUT2D eigenvalue weighted by Gasteiger charge is -2.26. The summed E-state index contributed by atoms with van der Waals surface area (Å²) in [6.45, 7) is 0.632. The van der Waals surface area contributed by atoms with Gasteiger partial charge in [0.15, 0.2) is 0 Å². The third-order valence-corrected chi connectivity index (χ3v) is 10.2. The zero-order chi connectivity index (χ0) is 38.8. The van der Waals surface area contributed by atoms with E-state index in [1.54, 1.807) is 35.6 Å². The van der Waals surface area contributed by atoms with E-state index in [1.165, 1.54) is 55.6 Å². The van der Waals surface area contributed by atoms with Crippen LogP contribution in [0.3, 0.4) is 0 Å². The molecule has 0 aliphatic carbocycles. The number of carbonyl (C=O) groups is 4. The van der Waals surface area contributed by atoms with Crippen molar-refractivity contribution in [1.82, 2.24) is 0 Å². The van der Waals surface area contributed by atoms with Crippen molar-refractivity contribution < 1.29 is 52.0 Å². The van der Waals surface area contributed by atoms with E-state index in [1.807, 2.05) is 42.6 Å². The Morgan fingerprint density at radius 3 is 1.76 bits per heavy atom. The molecule has 0 bridgehead atoms. The second-order valence-corrected chi connectivity index (χ2v) is 13.7. The third-order valence-electron chi connectivity index (χ3n) is 8.03. The maximum atomic E-state index is 13.3. The van der Waals surface area contributed by atoms with Gasteiger partial charge in [-0.2, -0.15) is 0 Å². The molecule has 0 aliphatic heterocycles. The van der Waals surface area contributed by atoms with Crippen molar-refractivity contribution in [2.45, 2.75) is 6.92 Å². The second-order valence-electron chi connectivity index (χ2n) is 11.6. The first-order chi connectivity index (χ1) is 26.0. The van der Waals surface area contributed by atoms with Crippen molar-refractivity contribution in [3.63, 3.8) is 0 Å². The van der Waals surface area contributed by atoms with Crippen LogP contribution in [0.15, 0.2) is 75.3 Å². The molecule has 0 saturated heterocycles. The molecular weight excluding hydrogens is 741 g/mol. The number of esters is 4. The van der Waals surface area contributed by atoms with E-state index in [0.29, 0.717) is 22.4 Å². The van der Waals surface area contributed by atoms with Gasteiger partial charge in [-0.3, -0.25) is 19.2 Å². The topological polar surface area (TPSA) is 160 Å². The number of nitrogens with zero attached hydrogens (tertiary/aromatic N) is 2. The summed E-state index contributed by atoms with van der Waals surface area (Å²) in [6.07, 6.45) is 0. The summed E-state index contributed by atoms with van der Waals surface area (Å²) in [5, 5.41) is 2.51. The molecule has 14 nitrogen and oxygen atoms in total. The smallest absolute Gasteiger partial charge is 0.345 e. The van der Waals surface area contributed by atoms with Crippen LogP contribution in [0.25, 0.3) is 31.2 Å². The number of carbonyl (C=O) groups excluding carboxylic acids is 4. The van der Waals surface area contributed by atoms with Gasteiger partial charge in [0, 0.05) is 26.1 Å². The highest BCUT2D eigenvalue weighted by Gasteiger charge is 2.24. The highest BCUT2D eigenvalue weighted by atomic mass is 32.1. The number of anilines is 2. The van der Waals surface area contributed by atoms with Gasteiger partial charge < -0.3 is 42.6 Å². The maximum absolute atomic E-state index is 13.3. The standard InChI is InChI=1S/C38H38N2O12S2/c1-23-8-9-26(39(19-34(41)46-2)20-35(42)47-3)29(15-23)50-12-13-51-30-17-24-16-25(31-10-11-33(54-31)32-7-6-14-53-32)38(45)52-28(24)18-27(30)40(21-36(43)48-4)22-37(44)49-5/h6-11,14-18H,12-13,19-22H2,1-5H3. The highest BCUT2D eigenvalue weighted by Crippen LogP contribution is 2.38. The van der Waals surface area contributed by atoms with Gasteiger partial charge in [-0.25, -0.2) is 4.79 Å². The fourth-order valence-electron chi connectivity index (χ4n) is 5.34. The quantitative estimate of drug-likeness (QED) is 0.0516. The number of benzene rings is 2. The Kier molecular flexibility index (Phi) is 13.3. The minimum absolute atomic E-state index is 0.0119. The molecule has 5 rings (SSSR count). The van der Waals surface area contributed by atoms with Crippen LogP contribution in [0, 0.1) is 6.92 Å². The molecule has 284 valence electrons. The summed E-state index contributed by atoms with van der Waals surface area (Å²) in [6, 6.07) is 18.0. The molecule has 0 aliphatic rings. The van der Waals surface area contributed by atoms with E-state index in [9.17, 15) is 24.0 Å². The first-order valence-electron chi connectivity index (χ1n) is 16.4. The molecule has 0 unspecified atom stereocenters. The van der Waals surface area contributed by atoms with E-state index in [-0.39, 0.29) is 56.4 Å². The fraction of sp³-hybridized carbons (Fsp3) is 0.289. The highest BCUT2D eigenvalue weighted by molar-refractivity contribution is 7.23. The first-order valence-corrected chi connectivity index (χ1v) is 18.1. The third kappa shape index (κ3) is 9.76. The molecule has 54 heavy (non-hydrogen) atoms. The molecule has 0 N–H and O–H groups in total. The molecule has 3 heterocycles. The minimum atomic E-state index is -0.639. The average Bonchev–Trinajstić information content (AvgIpc) is 3.89. The normalized spacial score (nSPS) is 10.8. The number of aryl methyl sites for hydroxylation is 1. The predicted octanol–water partition coefficient (Wildman–Crippen LogP) is 5.32. The Bertz CT molecular complexity index is 2140. The Morgan fingerprint density at radius 2 is 1.20 bits per heavy atom. The van der Waals surface area contributed by atoms with Crippen LogP contribution in [0.2, 0.25) is 0 Å². The summed E-state index contributed by atoms with van der Waals surface area (Å²) in [5.41, 5.74) is 1.54. The summed E-state index contributed by atoms with van der Waals surface area (Å²) < 4.78 is 37.6. The Balaban J connectivity index is 1.48.